The van der Waals surface area contributed by atoms with Crippen molar-refractivity contribution in [2.75, 3.05) is 0 Å². The van der Waals surface area contributed by atoms with Gasteiger partial charge in [0, 0.05) is 0 Å². The van der Waals surface area contributed by atoms with Crippen LogP contribution in [0.1, 0.15) is 0 Å². The van der Waals surface area contributed by atoms with Gasteiger partial charge in [0.1, 0.15) is 0 Å². The minimum atomic E-state index is -2.60. The Morgan fingerprint density at radius 2 is 2.00 bits per heavy atom. The molecule has 0 saturated carbocycles. The van der Waals surface area contributed by atoms with Crippen molar-refractivity contribution in [3.05, 3.63) is 0 Å². The third-order valence-electron chi connectivity index (χ3n) is 0.465. The third-order valence-corrected chi connectivity index (χ3v) is 3.62. The van der Waals surface area contributed by atoms with Crippen molar-refractivity contribution >= 4 is 24.9 Å². The molecule has 0 unspecified atom stereocenters. The fourth-order valence-electron chi connectivity index (χ4n) is 0.162. The molecule has 0 aromatic heterocycles. The summed E-state index contributed by atoms with van der Waals surface area (Å²) in [7, 11) is 10.9. The predicted octanol–water partition coefficient (Wildman–Crippen LogP) is 0.909. The molecule has 1 N–H and O–H groups in total. The summed E-state index contributed by atoms with van der Waals surface area (Å²) in [5.41, 5.74) is 0. The van der Waals surface area contributed by atoms with E-state index in [4.69, 9.17) is 18.6 Å². The molecule has 0 radical (unpaired) electrons. The number of halogens is 2. The monoisotopic (exact) mass is 160 g/mol. The second-order valence-corrected chi connectivity index (χ2v) is 8.80. The first-order valence-electron chi connectivity index (χ1n) is 1.40. The van der Waals surface area contributed by atoms with Gasteiger partial charge in [0.25, 0.3) is 0 Å². The molecule has 0 aromatic rings. The van der Waals surface area contributed by atoms with Gasteiger partial charge >= 0.3 is 47.2 Å². The van der Waals surface area contributed by atoms with E-state index in [1.165, 1.54) is 6.34 Å². The Balaban J connectivity index is 2.57. The average Bonchev–Trinajstić information content (AvgIpc) is 1.32. The Morgan fingerprint density at radius 3 is 2.00 bits per heavy atom. The maximum atomic E-state index is 5.45. The van der Waals surface area contributed by atoms with E-state index >= 15 is 0 Å². The molecule has 34 valence electrons. The van der Waals surface area contributed by atoms with Gasteiger partial charge in [-0.25, -0.2) is 0 Å². The van der Waals surface area contributed by atoms with Gasteiger partial charge in [-0.15, -0.1) is 0 Å². The van der Waals surface area contributed by atoms with Crippen LogP contribution in [0.3, 0.4) is 0 Å². The fraction of sp³-hybridized carbons (Fsp3) is 0. The van der Waals surface area contributed by atoms with Crippen molar-refractivity contribution in [1.29, 1.82) is 0 Å². The molecular weight excluding hydrogens is 159 g/mol. The summed E-state index contributed by atoms with van der Waals surface area (Å²) in [5.74, 6) is 0. The number of rotatable bonds is 0. The zero-order valence-corrected chi connectivity index (χ0v) is 5.85. The Kier molecular flexibility index (Phi) is 1.12. The predicted molar refractivity (Wildman–Crippen MR) is 23.3 cm³/mol. The van der Waals surface area contributed by atoms with Crippen LogP contribution in [0.2, 0.25) is 0 Å². The van der Waals surface area contributed by atoms with Crippen LogP contribution in [0.25, 0.3) is 0 Å². The Labute approximate surface area is 47.3 Å². The van der Waals surface area contributed by atoms with Crippen LogP contribution >= 0.6 is 18.6 Å². The number of hydrogen-bond acceptors (Lipinski definition) is 2. The summed E-state index contributed by atoms with van der Waals surface area (Å²) in [5, 5.41) is 0. The quantitative estimate of drug-likeness (QED) is 0.524. The van der Waals surface area contributed by atoms with Gasteiger partial charge in [0.15, 0.2) is 0 Å². The van der Waals surface area contributed by atoms with Crippen LogP contribution in [-0.2, 0) is 15.0 Å². The molecule has 1 aliphatic rings. The first kappa shape index (κ1) is 4.91. The van der Waals surface area contributed by atoms with Crippen LogP contribution in [0.4, 0.5) is 0 Å². The minimum absolute atomic E-state index is 1.53. The standard InChI is InChI=1S/CH2N2.2ClH.Ti/c2-1-3;;;/h1H,(H-2,2,3);2*1H;/q-2;;;+4/p-2. The molecule has 0 bridgehead atoms. The Hall–Kier alpha value is 0.764. The van der Waals surface area contributed by atoms with Crippen molar-refractivity contribution in [1.82, 2.24) is 3.80 Å². The van der Waals surface area contributed by atoms with Crippen LogP contribution < -0.4 is 3.80 Å². The average molecular weight is 161 g/mol. The van der Waals surface area contributed by atoms with E-state index in [9.17, 15) is 0 Å². The molecule has 0 saturated heterocycles. The van der Waals surface area contributed by atoms with E-state index in [0.717, 1.165) is 0 Å². The van der Waals surface area contributed by atoms with Gasteiger partial charge in [-0.1, -0.05) is 0 Å². The summed E-state index contributed by atoms with van der Waals surface area (Å²) in [6.07, 6.45) is 1.53. The molecule has 5 heteroatoms. The number of hydrogen-bond donors (Lipinski definition) is 1. The van der Waals surface area contributed by atoms with E-state index in [1.54, 1.807) is 0 Å². The Morgan fingerprint density at radius 1 is 1.67 bits per heavy atom. The van der Waals surface area contributed by atoms with E-state index in [-0.39, 0.29) is 0 Å². The van der Waals surface area contributed by atoms with Crippen molar-refractivity contribution in [3.63, 3.8) is 0 Å². The first-order valence-corrected chi connectivity index (χ1v) is 7.17. The van der Waals surface area contributed by atoms with Crippen molar-refractivity contribution in [2.24, 2.45) is 3.47 Å². The van der Waals surface area contributed by atoms with Crippen LogP contribution in [0, 0.1) is 0 Å². The zero-order valence-electron chi connectivity index (χ0n) is 2.78. The molecule has 1 rings (SSSR count). The SMILES string of the molecule is [Cl][Ti]1([Cl])[N]=C[NH]1. The molecule has 6 heavy (non-hydrogen) atoms. The summed E-state index contributed by atoms with van der Waals surface area (Å²) < 4.78 is 6.40. The molecule has 0 aliphatic carbocycles. The van der Waals surface area contributed by atoms with Crippen LogP contribution in [-0.4, -0.2) is 6.34 Å². The zero-order chi connectivity index (χ0) is 4.62. The molecule has 0 atom stereocenters. The Bertz CT molecular complexity index is 89.5. The van der Waals surface area contributed by atoms with Gasteiger partial charge in [-0.2, -0.15) is 0 Å². The van der Waals surface area contributed by atoms with E-state index in [1.807, 2.05) is 0 Å². The summed E-state index contributed by atoms with van der Waals surface area (Å²) in [6, 6.07) is 0. The molecule has 0 amide bonds. The second-order valence-electron chi connectivity index (χ2n) is 0.944. The normalized spacial score (nSPS) is 25.0. The van der Waals surface area contributed by atoms with Crippen molar-refractivity contribution in [2.45, 2.75) is 0 Å². The van der Waals surface area contributed by atoms with Crippen LogP contribution in [0.15, 0.2) is 3.47 Å². The summed E-state index contributed by atoms with van der Waals surface area (Å²) >= 11 is -2.60. The number of nitrogens with one attached hydrogen (secondary N) is 1. The summed E-state index contributed by atoms with van der Waals surface area (Å²) in [6.45, 7) is 0. The topological polar surface area (TPSA) is 24.4 Å². The van der Waals surface area contributed by atoms with Gasteiger partial charge in [0.05, 0.1) is 0 Å². The second kappa shape index (κ2) is 1.37. The molecule has 1 aliphatic heterocycles. The maximum absolute atomic E-state index is 5.45. The molecular formula is CH2Cl2N2Ti. The van der Waals surface area contributed by atoms with Crippen LogP contribution in [0.5, 0.6) is 0 Å². The molecule has 1 heterocycles. The van der Waals surface area contributed by atoms with E-state index < -0.39 is 15.0 Å². The molecule has 0 fully saturated rings. The number of nitrogens with zero attached hydrogens (tertiary/aromatic N) is 1. The molecule has 0 aromatic carbocycles. The van der Waals surface area contributed by atoms with Gasteiger partial charge < -0.3 is 0 Å². The first-order chi connectivity index (χ1) is 2.71. The van der Waals surface area contributed by atoms with E-state index in [0.29, 0.717) is 0 Å². The summed E-state index contributed by atoms with van der Waals surface area (Å²) in [4.78, 5) is 0. The van der Waals surface area contributed by atoms with Gasteiger partial charge in [-0.05, 0) is 0 Å². The van der Waals surface area contributed by atoms with Gasteiger partial charge in [-0.3, -0.25) is 0 Å². The van der Waals surface area contributed by atoms with Crippen molar-refractivity contribution < 1.29 is 15.0 Å². The molecule has 2 nitrogen and oxygen atoms in total. The molecule has 0 spiro atoms. The fourth-order valence-corrected chi connectivity index (χ4v) is 1.47. The van der Waals surface area contributed by atoms with Crippen molar-refractivity contribution in [3.8, 4) is 0 Å². The third kappa shape index (κ3) is 0.879. The van der Waals surface area contributed by atoms with E-state index in [2.05, 4.69) is 7.27 Å². The van der Waals surface area contributed by atoms with Gasteiger partial charge in [0.2, 0.25) is 0 Å².